The molecule has 2 amide bonds. The summed E-state index contributed by atoms with van der Waals surface area (Å²) in [6.45, 7) is 5.11. The van der Waals surface area contributed by atoms with E-state index in [1.165, 1.54) is 17.0 Å². The summed E-state index contributed by atoms with van der Waals surface area (Å²) in [7, 11) is -4.12. The van der Waals surface area contributed by atoms with Gasteiger partial charge in [-0.25, -0.2) is 8.42 Å². The van der Waals surface area contributed by atoms with Crippen molar-refractivity contribution in [1.82, 2.24) is 10.2 Å². The van der Waals surface area contributed by atoms with E-state index in [2.05, 4.69) is 5.32 Å². The Bertz CT molecular complexity index is 1440. The van der Waals surface area contributed by atoms with E-state index in [9.17, 15) is 18.0 Å². The predicted molar refractivity (Wildman–Crippen MR) is 159 cm³/mol. The first-order valence-corrected chi connectivity index (χ1v) is 15.4. The highest BCUT2D eigenvalue weighted by Gasteiger charge is 2.33. The summed E-state index contributed by atoms with van der Waals surface area (Å²) < 4.78 is 28.9. The molecule has 7 nitrogen and oxygen atoms in total. The van der Waals surface area contributed by atoms with Crippen LogP contribution in [-0.4, -0.2) is 43.8 Å². The summed E-state index contributed by atoms with van der Waals surface area (Å²) in [6, 6.07) is 19.9. The zero-order valence-corrected chi connectivity index (χ0v) is 24.7. The Hall–Kier alpha value is -3.36. The second-order valence-electron chi connectivity index (χ2n) is 10.4. The second-order valence-corrected chi connectivity index (χ2v) is 12.7. The fourth-order valence-corrected chi connectivity index (χ4v) is 6.72. The van der Waals surface area contributed by atoms with Gasteiger partial charge in [-0.2, -0.15) is 0 Å². The lowest BCUT2D eigenvalue weighted by Crippen LogP contribution is -2.52. The van der Waals surface area contributed by atoms with Crippen molar-refractivity contribution in [2.75, 3.05) is 10.8 Å². The van der Waals surface area contributed by atoms with Crippen LogP contribution in [0.15, 0.2) is 77.7 Å². The summed E-state index contributed by atoms with van der Waals surface area (Å²) >= 11 is 6.17. The van der Waals surface area contributed by atoms with Crippen molar-refractivity contribution in [3.8, 4) is 0 Å². The number of aryl methyl sites for hydroxylation is 2. The first-order chi connectivity index (χ1) is 19.1. The Morgan fingerprint density at radius 2 is 1.62 bits per heavy atom. The molecule has 1 fully saturated rings. The van der Waals surface area contributed by atoms with E-state index in [1.54, 1.807) is 50.2 Å². The van der Waals surface area contributed by atoms with Crippen molar-refractivity contribution < 1.29 is 18.0 Å². The van der Waals surface area contributed by atoms with Crippen LogP contribution in [0.4, 0.5) is 5.69 Å². The molecule has 0 spiro atoms. The first-order valence-electron chi connectivity index (χ1n) is 13.6. The smallest absolute Gasteiger partial charge is 0.264 e. The van der Waals surface area contributed by atoms with Crippen LogP contribution in [0.3, 0.4) is 0 Å². The number of nitrogens with zero attached hydrogens (tertiary/aromatic N) is 2. The third-order valence-electron chi connectivity index (χ3n) is 7.38. The SMILES string of the molecule is Cc1ccc(CN(C(=O)CN(c2ccc(Cl)cc2C)S(=O)(=O)c2ccccc2)C(C)C(=O)NC2CCCC2)cc1. The zero-order chi connectivity index (χ0) is 28.9. The van der Waals surface area contributed by atoms with Crippen molar-refractivity contribution in [1.29, 1.82) is 0 Å². The highest BCUT2D eigenvalue weighted by molar-refractivity contribution is 7.92. The molecule has 0 aliphatic heterocycles. The van der Waals surface area contributed by atoms with Gasteiger partial charge in [0, 0.05) is 17.6 Å². The molecule has 0 heterocycles. The molecular weight excluding hydrogens is 546 g/mol. The van der Waals surface area contributed by atoms with Gasteiger partial charge in [0.15, 0.2) is 0 Å². The number of nitrogens with one attached hydrogen (secondary N) is 1. The van der Waals surface area contributed by atoms with E-state index >= 15 is 0 Å². The Labute approximate surface area is 242 Å². The number of sulfonamides is 1. The van der Waals surface area contributed by atoms with Crippen molar-refractivity contribution in [3.63, 3.8) is 0 Å². The van der Waals surface area contributed by atoms with Gasteiger partial charge in [-0.3, -0.25) is 13.9 Å². The highest BCUT2D eigenvalue weighted by atomic mass is 35.5. The molecule has 0 saturated heterocycles. The maximum atomic E-state index is 14.1. The standard InChI is InChI=1S/C31H36ClN3O4S/c1-22-13-15-25(16-14-22)20-34(24(3)31(37)33-27-9-7-8-10-27)30(36)21-35(29-18-17-26(32)19-23(29)2)40(38,39)28-11-5-4-6-12-28/h4-6,11-19,24,27H,7-10,20-21H2,1-3H3,(H,33,37). The third kappa shape index (κ3) is 7.04. The molecule has 9 heteroatoms. The Morgan fingerprint density at radius 3 is 2.25 bits per heavy atom. The van der Waals surface area contributed by atoms with Crippen LogP contribution in [0, 0.1) is 13.8 Å². The van der Waals surface area contributed by atoms with Crippen LogP contribution in [0.25, 0.3) is 0 Å². The molecule has 1 atom stereocenters. The van der Waals surface area contributed by atoms with E-state index < -0.39 is 28.5 Å². The molecule has 0 bridgehead atoms. The minimum absolute atomic E-state index is 0.0641. The largest absolute Gasteiger partial charge is 0.352 e. The van der Waals surface area contributed by atoms with Crippen molar-refractivity contribution >= 4 is 39.1 Å². The molecule has 1 saturated carbocycles. The summed E-state index contributed by atoms with van der Waals surface area (Å²) in [5, 5.41) is 3.55. The molecule has 1 aliphatic carbocycles. The summed E-state index contributed by atoms with van der Waals surface area (Å²) in [4.78, 5) is 28.9. The number of halogens is 1. The van der Waals surface area contributed by atoms with Crippen LogP contribution in [-0.2, 0) is 26.2 Å². The molecule has 1 aliphatic rings. The van der Waals surface area contributed by atoms with Crippen LogP contribution < -0.4 is 9.62 Å². The molecule has 40 heavy (non-hydrogen) atoms. The van der Waals surface area contributed by atoms with E-state index in [4.69, 9.17) is 11.6 Å². The lowest BCUT2D eigenvalue weighted by molar-refractivity contribution is -0.139. The molecule has 0 aromatic heterocycles. The molecule has 4 rings (SSSR count). The van der Waals surface area contributed by atoms with Crippen molar-refractivity contribution in [2.45, 2.75) is 70.0 Å². The number of anilines is 1. The normalized spacial score (nSPS) is 14.5. The Morgan fingerprint density at radius 1 is 0.975 bits per heavy atom. The van der Waals surface area contributed by atoms with Crippen LogP contribution in [0.1, 0.15) is 49.3 Å². The number of hydrogen-bond acceptors (Lipinski definition) is 4. The fourth-order valence-electron chi connectivity index (χ4n) is 5.00. The van der Waals surface area contributed by atoms with E-state index in [-0.39, 0.29) is 23.4 Å². The molecule has 3 aromatic carbocycles. The van der Waals surface area contributed by atoms with Crippen molar-refractivity contribution in [2.24, 2.45) is 0 Å². The molecular formula is C31H36ClN3O4S. The summed E-state index contributed by atoms with van der Waals surface area (Å²) in [5.41, 5.74) is 2.88. The average molecular weight is 582 g/mol. The third-order valence-corrected chi connectivity index (χ3v) is 9.39. The van der Waals surface area contributed by atoms with Gasteiger partial charge < -0.3 is 10.2 Å². The molecule has 0 radical (unpaired) electrons. The minimum Gasteiger partial charge on any atom is -0.352 e. The number of carbonyl (C=O) groups excluding carboxylic acids is 2. The maximum absolute atomic E-state index is 14.1. The molecule has 3 aromatic rings. The maximum Gasteiger partial charge on any atom is 0.264 e. The first kappa shape index (κ1) is 29.6. The lowest BCUT2D eigenvalue weighted by Gasteiger charge is -2.33. The minimum atomic E-state index is -4.12. The lowest BCUT2D eigenvalue weighted by atomic mass is 10.1. The Balaban J connectivity index is 1.70. The van der Waals surface area contributed by atoms with Gasteiger partial charge in [0.2, 0.25) is 11.8 Å². The topological polar surface area (TPSA) is 86.8 Å². The van der Waals surface area contributed by atoms with Crippen LogP contribution in [0.5, 0.6) is 0 Å². The van der Waals surface area contributed by atoms with Crippen LogP contribution >= 0.6 is 11.6 Å². The zero-order valence-electron chi connectivity index (χ0n) is 23.1. The molecule has 212 valence electrons. The summed E-state index contributed by atoms with van der Waals surface area (Å²) in [5.74, 6) is -0.726. The molecule has 1 unspecified atom stereocenters. The second kappa shape index (κ2) is 12.9. The van der Waals surface area contributed by atoms with Crippen LogP contribution in [0.2, 0.25) is 5.02 Å². The molecule has 1 N–H and O–H groups in total. The van der Waals surface area contributed by atoms with Gasteiger partial charge in [-0.05, 0) is 75.1 Å². The van der Waals surface area contributed by atoms with Gasteiger partial charge in [-0.1, -0.05) is 72.5 Å². The van der Waals surface area contributed by atoms with Gasteiger partial charge in [-0.15, -0.1) is 0 Å². The number of rotatable bonds is 10. The number of benzene rings is 3. The monoisotopic (exact) mass is 581 g/mol. The fraction of sp³-hybridized carbons (Fsp3) is 0.355. The summed E-state index contributed by atoms with van der Waals surface area (Å²) in [6.07, 6.45) is 3.97. The number of carbonyl (C=O) groups is 2. The van der Waals surface area contributed by atoms with E-state index in [1.807, 2.05) is 31.2 Å². The predicted octanol–water partition coefficient (Wildman–Crippen LogP) is 5.63. The van der Waals surface area contributed by atoms with E-state index in [0.717, 1.165) is 41.1 Å². The Kier molecular flexibility index (Phi) is 9.53. The van der Waals surface area contributed by atoms with Crippen molar-refractivity contribution in [3.05, 3.63) is 94.5 Å². The number of hydrogen-bond donors (Lipinski definition) is 1. The van der Waals surface area contributed by atoms with Gasteiger partial charge in [0.1, 0.15) is 12.6 Å². The highest BCUT2D eigenvalue weighted by Crippen LogP contribution is 2.29. The van der Waals surface area contributed by atoms with Gasteiger partial charge in [0.05, 0.1) is 10.6 Å². The van der Waals surface area contributed by atoms with Gasteiger partial charge in [0.25, 0.3) is 10.0 Å². The average Bonchev–Trinajstić information content (AvgIpc) is 3.45. The quantitative estimate of drug-likeness (QED) is 0.336. The number of amides is 2. The van der Waals surface area contributed by atoms with E-state index in [0.29, 0.717) is 16.3 Å². The van der Waals surface area contributed by atoms with Gasteiger partial charge >= 0.3 is 0 Å².